The maximum absolute atomic E-state index is 11.4. The van der Waals surface area contributed by atoms with Gasteiger partial charge in [-0.1, -0.05) is 32.0 Å². The van der Waals surface area contributed by atoms with E-state index in [1.807, 2.05) is 25.1 Å². The Labute approximate surface area is 132 Å². The second-order valence-corrected chi connectivity index (χ2v) is 6.07. The first-order valence-electron chi connectivity index (χ1n) is 6.70. The van der Waals surface area contributed by atoms with Gasteiger partial charge in [-0.25, -0.2) is 4.79 Å². The minimum absolute atomic E-state index is 0.133. The van der Waals surface area contributed by atoms with Gasteiger partial charge in [0.15, 0.2) is 0 Å². The first-order chi connectivity index (χ1) is 9.90. The molecule has 2 rings (SSSR count). The average Bonchev–Trinajstić information content (AvgIpc) is 2.37. The van der Waals surface area contributed by atoms with Gasteiger partial charge in [0.05, 0.1) is 0 Å². The van der Waals surface area contributed by atoms with E-state index in [4.69, 9.17) is 4.74 Å². The molecule has 0 amide bonds. The summed E-state index contributed by atoms with van der Waals surface area (Å²) >= 11 is 3.26. The van der Waals surface area contributed by atoms with E-state index in [1.54, 1.807) is 18.2 Å². The number of halogens is 1. The lowest BCUT2D eigenvalue weighted by Gasteiger charge is -2.16. The van der Waals surface area contributed by atoms with Crippen molar-refractivity contribution in [3.05, 3.63) is 57.6 Å². The molecular weight excluding hydrogens is 332 g/mol. The van der Waals surface area contributed by atoms with Crippen molar-refractivity contribution < 1.29 is 14.6 Å². The topological polar surface area (TPSA) is 46.5 Å². The smallest absolute Gasteiger partial charge is 0.340 e. The second-order valence-electron chi connectivity index (χ2n) is 5.22. The maximum Gasteiger partial charge on any atom is 0.340 e. The lowest BCUT2D eigenvalue weighted by atomic mass is 10.0. The standard InChI is InChI=1S/C17H17BrO3/c1-10(2)12-8-7-11(3)9-15(12)21-14-6-4-5-13(18)16(14)17(19)20/h4-10H,1-3H3,(H,19,20). The first-order valence-corrected chi connectivity index (χ1v) is 7.49. The zero-order valence-corrected chi connectivity index (χ0v) is 13.8. The van der Waals surface area contributed by atoms with E-state index < -0.39 is 5.97 Å². The third-order valence-electron chi connectivity index (χ3n) is 3.20. The van der Waals surface area contributed by atoms with Crippen LogP contribution in [0.4, 0.5) is 0 Å². The summed E-state index contributed by atoms with van der Waals surface area (Å²) in [7, 11) is 0. The molecule has 1 N–H and O–H groups in total. The Morgan fingerprint density at radius 1 is 1.19 bits per heavy atom. The van der Waals surface area contributed by atoms with Crippen LogP contribution < -0.4 is 4.74 Å². The van der Waals surface area contributed by atoms with Crippen molar-refractivity contribution >= 4 is 21.9 Å². The molecule has 0 unspecified atom stereocenters. The lowest BCUT2D eigenvalue weighted by molar-refractivity contribution is 0.0693. The number of carboxylic acid groups (broad SMARTS) is 1. The Morgan fingerprint density at radius 3 is 2.52 bits per heavy atom. The number of ether oxygens (including phenoxy) is 1. The number of aromatic carboxylic acids is 1. The molecule has 0 fully saturated rings. The molecule has 0 atom stereocenters. The van der Waals surface area contributed by atoms with Crippen molar-refractivity contribution in [2.75, 3.05) is 0 Å². The molecule has 3 nitrogen and oxygen atoms in total. The molecule has 0 heterocycles. The molecule has 21 heavy (non-hydrogen) atoms. The fourth-order valence-corrected chi connectivity index (χ4v) is 2.64. The molecule has 110 valence electrons. The van der Waals surface area contributed by atoms with Crippen LogP contribution >= 0.6 is 15.9 Å². The summed E-state index contributed by atoms with van der Waals surface area (Å²) in [4.78, 5) is 11.4. The SMILES string of the molecule is Cc1ccc(C(C)C)c(Oc2cccc(Br)c2C(=O)O)c1. The number of hydrogen-bond donors (Lipinski definition) is 1. The predicted molar refractivity (Wildman–Crippen MR) is 86.4 cm³/mol. The Bertz CT molecular complexity index is 678. The van der Waals surface area contributed by atoms with E-state index in [0.717, 1.165) is 11.1 Å². The highest BCUT2D eigenvalue weighted by Crippen LogP contribution is 2.35. The van der Waals surface area contributed by atoms with Gasteiger partial charge in [0, 0.05) is 4.47 Å². The lowest BCUT2D eigenvalue weighted by Crippen LogP contribution is -2.02. The van der Waals surface area contributed by atoms with Crippen LogP contribution in [0.3, 0.4) is 0 Å². The van der Waals surface area contributed by atoms with E-state index in [-0.39, 0.29) is 5.56 Å². The summed E-state index contributed by atoms with van der Waals surface area (Å²) < 4.78 is 6.42. The van der Waals surface area contributed by atoms with E-state index in [2.05, 4.69) is 29.8 Å². The van der Waals surface area contributed by atoms with Gasteiger partial charge < -0.3 is 9.84 Å². The maximum atomic E-state index is 11.4. The predicted octanol–water partition coefficient (Wildman–Crippen LogP) is 5.37. The molecule has 0 aromatic heterocycles. The van der Waals surface area contributed by atoms with Gasteiger partial charge in [-0.15, -0.1) is 0 Å². The van der Waals surface area contributed by atoms with Crippen LogP contribution in [0.25, 0.3) is 0 Å². The Balaban J connectivity index is 2.50. The average molecular weight is 349 g/mol. The highest BCUT2D eigenvalue weighted by atomic mass is 79.9. The Morgan fingerprint density at radius 2 is 1.90 bits per heavy atom. The third kappa shape index (κ3) is 3.45. The van der Waals surface area contributed by atoms with E-state index in [1.165, 1.54) is 0 Å². The molecule has 2 aromatic rings. The molecule has 0 saturated heterocycles. The van der Waals surface area contributed by atoms with Gasteiger partial charge in [-0.3, -0.25) is 0 Å². The zero-order valence-electron chi connectivity index (χ0n) is 12.2. The van der Waals surface area contributed by atoms with Gasteiger partial charge >= 0.3 is 5.97 Å². The molecule has 4 heteroatoms. The number of hydrogen-bond acceptors (Lipinski definition) is 2. The summed E-state index contributed by atoms with van der Waals surface area (Å²) in [5, 5.41) is 9.35. The van der Waals surface area contributed by atoms with Crippen LogP contribution in [0.5, 0.6) is 11.5 Å². The minimum Gasteiger partial charge on any atom is -0.478 e. The molecular formula is C17H17BrO3. The Kier molecular flexibility index (Phi) is 4.68. The van der Waals surface area contributed by atoms with Crippen LogP contribution in [0.1, 0.15) is 41.3 Å². The molecule has 0 radical (unpaired) electrons. The zero-order chi connectivity index (χ0) is 15.6. The number of rotatable bonds is 4. The Hall–Kier alpha value is -1.81. The molecule has 0 saturated carbocycles. The number of carboxylic acids is 1. The van der Waals surface area contributed by atoms with Crippen molar-refractivity contribution in [1.29, 1.82) is 0 Å². The van der Waals surface area contributed by atoms with Crippen molar-refractivity contribution in [3.63, 3.8) is 0 Å². The van der Waals surface area contributed by atoms with Crippen LogP contribution in [-0.2, 0) is 0 Å². The molecule has 0 bridgehead atoms. The van der Waals surface area contributed by atoms with Crippen molar-refractivity contribution in [2.24, 2.45) is 0 Å². The monoisotopic (exact) mass is 348 g/mol. The van der Waals surface area contributed by atoms with Crippen LogP contribution in [0.2, 0.25) is 0 Å². The summed E-state index contributed by atoms with van der Waals surface area (Å²) in [5.74, 6) is 0.312. The molecule has 0 aliphatic carbocycles. The van der Waals surface area contributed by atoms with Crippen molar-refractivity contribution in [2.45, 2.75) is 26.7 Å². The second kappa shape index (κ2) is 6.31. The minimum atomic E-state index is -1.02. The van der Waals surface area contributed by atoms with Crippen LogP contribution in [-0.4, -0.2) is 11.1 Å². The van der Waals surface area contributed by atoms with Crippen LogP contribution in [0, 0.1) is 6.92 Å². The largest absolute Gasteiger partial charge is 0.478 e. The van der Waals surface area contributed by atoms with Gasteiger partial charge in [-0.2, -0.15) is 0 Å². The van der Waals surface area contributed by atoms with Crippen molar-refractivity contribution in [3.8, 4) is 11.5 Å². The molecule has 0 spiro atoms. The molecule has 0 aliphatic heterocycles. The molecule has 0 aliphatic rings. The fraction of sp³-hybridized carbons (Fsp3) is 0.235. The number of aryl methyl sites for hydroxylation is 1. The van der Waals surface area contributed by atoms with E-state index in [0.29, 0.717) is 21.9 Å². The fourth-order valence-electron chi connectivity index (χ4n) is 2.12. The van der Waals surface area contributed by atoms with Gasteiger partial charge in [-0.05, 0) is 58.1 Å². The summed E-state index contributed by atoms with van der Waals surface area (Å²) in [6.45, 7) is 6.14. The summed E-state index contributed by atoms with van der Waals surface area (Å²) in [5.41, 5.74) is 2.26. The number of carbonyl (C=O) groups is 1. The quantitative estimate of drug-likeness (QED) is 0.807. The van der Waals surface area contributed by atoms with Crippen LogP contribution in [0.15, 0.2) is 40.9 Å². The van der Waals surface area contributed by atoms with Crippen molar-refractivity contribution in [1.82, 2.24) is 0 Å². The summed E-state index contributed by atoms with van der Waals surface area (Å²) in [6, 6.07) is 11.1. The highest BCUT2D eigenvalue weighted by Gasteiger charge is 2.17. The normalized spacial score (nSPS) is 10.7. The van der Waals surface area contributed by atoms with Gasteiger partial charge in [0.1, 0.15) is 17.1 Å². The molecule has 2 aromatic carbocycles. The van der Waals surface area contributed by atoms with Gasteiger partial charge in [0.25, 0.3) is 0 Å². The van der Waals surface area contributed by atoms with Gasteiger partial charge in [0.2, 0.25) is 0 Å². The van der Waals surface area contributed by atoms with E-state index in [9.17, 15) is 9.90 Å². The third-order valence-corrected chi connectivity index (χ3v) is 3.86. The van der Waals surface area contributed by atoms with E-state index >= 15 is 0 Å². The highest BCUT2D eigenvalue weighted by molar-refractivity contribution is 9.10. The summed E-state index contributed by atoms with van der Waals surface area (Å²) in [6.07, 6.45) is 0. The number of benzene rings is 2. The first kappa shape index (κ1) is 15.6.